The summed E-state index contributed by atoms with van der Waals surface area (Å²) in [5.74, 6) is 2.19. The van der Waals surface area contributed by atoms with Gasteiger partial charge in [0.05, 0.1) is 0 Å². The van der Waals surface area contributed by atoms with Crippen LogP contribution in [0.3, 0.4) is 0 Å². The van der Waals surface area contributed by atoms with E-state index in [1.54, 1.807) is 0 Å². The molecule has 0 spiro atoms. The molecule has 0 saturated heterocycles. The highest BCUT2D eigenvalue weighted by Crippen LogP contribution is 2.29. The van der Waals surface area contributed by atoms with Crippen LogP contribution in [0, 0.1) is 0 Å². The summed E-state index contributed by atoms with van der Waals surface area (Å²) in [6.45, 7) is 6.41. The second kappa shape index (κ2) is 8.01. The standard InChI is InChI=1S/C29H25N3/c1-29(2,3)28-31-26(24-15-9-14-23(18-24)20-10-5-4-6-11-20)30-27(32-28)25-17-16-21-12-7-8-13-22(21)19-25/h4-19H,1-3H3. The van der Waals surface area contributed by atoms with Crippen LogP contribution in [0.15, 0.2) is 97.1 Å². The maximum absolute atomic E-state index is 4.91. The Morgan fingerprint density at radius 1 is 0.469 bits per heavy atom. The van der Waals surface area contributed by atoms with Crippen molar-refractivity contribution >= 4 is 10.8 Å². The number of aromatic nitrogens is 3. The molecule has 1 aromatic heterocycles. The molecule has 0 N–H and O–H groups in total. The van der Waals surface area contributed by atoms with E-state index in [1.165, 1.54) is 16.3 Å². The Labute approximate surface area is 188 Å². The molecule has 0 radical (unpaired) electrons. The molecule has 0 aliphatic rings. The predicted octanol–water partition coefficient (Wildman–Crippen LogP) is 7.32. The van der Waals surface area contributed by atoms with Crippen molar-refractivity contribution in [1.82, 2.24) is 15.0 Å². The maximum atomic E-state index is 4.91. The van der Waals surface area contributed by atoms with Gasteiger partial charge in [0.1, 0.15) is 5.82 Å². The summed E-state index contributed by atoms with van der Waals surface area (Å²) in [6.07, 6.45) is 0. The largest absolute Gasteiger partial charge is 0.212 e. The summed E-state index contributed by atoms with van der Waals surface area (Å²) in [5, 5.41) is 2.38. The number of hydrogen-bond donors (Lipinski definition) is 0. The Morgan fingerprint density at radius 3 is 1.78 bits per heavy atom. The van der Waals surface area contributed by atoms with Gasteiger partial charge < -0.3 is 0 Å². The molecule has 3 heteroatoms. The Balaban J connectivity index is 1.66. The number of benzene rings is 4. The second-order valence-electron chi connectivity index (χ2n) is 9.06. The second-order valence-corrected chi connectivity index (χ2v) is 9.06. The van der Waals surface area contributed by atoms with Gasteiger partial charge in [-0.25, -0.2) is 15.0 Å². The lowest BCUT2D eigenvalue weighted by atomic mass is 9.95. The van der Waals surface area contributed by atoms with Crippen molar-refractivity contribution in [2.75, 3.05) is 0 Å². The fraction of sp³-hybridized carbons (Fsp3) is 0.138. The van der Waals surface area contributed by atoms with Gasteiger partial charge in [-0.2, -0.15) is 0 Å². The molecule has 4 aromatic carbocycles. The molecule has 0 fully saturated rings. The Kier molecular flexibility index (Phi) is 5.02. The van der Waals surface area contributed by atoms with Crippen molar-refractivity contribution < 1.29 is 0 Å². The molecule has 0 aliphatic heterocycles. The third-order valence-corrected chi connectivity index (χ3v) is 5.54. The molecule has 156 valence electrons. The van der Waals surface area contributed by atoms with Gasteiger partial charge >= 0.3 is 0 Å². The Bertz CT molecular complexity index is 1400. The van der Waals surface area contributed by atoms with Gasteiger partial charge in [-0.1, -0.05) is 106 Å². The quantitative estimate of drug-likeness (QED) is 0.310. The predicted molar refractivity (Wildman–Crippen MR) is 132 cm³/mol. The third-order valence-electron chi connectivity index (χ3n) is 5.54. The zero-order chi connectivity index (χ0) is 22.1. The maximum Gasteiger partial charge on any atom is 0.163 e. The van der Waals surface area contributed by atoms with E-state index in [1.807, 2.05) is 6.07 Å². The lowest BCUT2D eigenvalue weighted by Gasteiger charge is -2.18. The van der Waals surface area contributed by atoms with Crippen LogP contribution in [-0.2, 0) is 5.41 Å². The normalized spacial score (nSPS) is 11.6. The van der Waals surface area contributed by atoms with Gasteiger partial charge in [0, 0.05) is 16.5 Å². The van der Waals surface area contributed by atoms with Crippen LogP contribution in [0.25, 0.3) is 44.7 Å². The van der Waals surface area contributed by atoms with Crippen molar-refractivity contribution in [3.8, 4) is 33.9 Å². The zero-order valence-electron chi connectivity index (χ0n) is 18.6. The fourth-order valence-corrected chi connectivity index (χ4v) is 3.77. The molecular weight excluding hydrogens is 390 g/mol. The van der Waals surface area contributed by atoms with Crippen LogP contribution < -0.4 is 0 Å². The zero-order valence-corrected chi connectivity index (χ0v) is 18.6. The van der Waals surface area contributed by atoms with Gasteiger partial charge in [0.25, 0.3) is 0 Å². The van der Waals surface area contributed by atoms with Crippen LogP contribution in [-0.4, -0.2) is 15.0 Å². The number of fused-ring (bicyclic) bond motifs is 1. The third kappa shape index (κ3) is 4.02. The van der Waals surface area contributed by atoms with Crippen LogP contribution in [0.2, 0.25) is 0 Å². The number of rotatable bonds is 3. The molecule has 0 atom stereocenters. The molecule has 0 saturated carbocycles. The summed E-state index contributed by atoms with van der Waals surface area (Å²) in [7, 11) is 0. The summed E-state index contributed by atoms with van der Waals surface area (Å²) in [6, 6.07) is 33.5. The first-order chi connectivity index (χ1) is 15.5. The molecule has 0 unspecified atom stereocenters. The lowest BCUT2D eigenvalue weighted by Crippen LogP contribution is -2.18. The smallest absolute Gasteiger partial charge is 0.163 e. The van der Waals surface area contributed by atoms with E-state index in [0.717, 1.165) is 22.5 Å². The molecule has 1 heterocycles. The first-order valence-electron chi connectivity index (χ1n) is 10.9. The average molecular weight is 416 g/mol. The van der Waals surface area contributed by atoms with Crippen LogP contribution in [0.4, 0.5) is 0 Å². The molecule has 0 bridgehead atoms. The van der Waals surface area contributed by atoms with E-state index >= 15 is 0 Å². The minimum absolute atomic E-state index is 0.194. The monoisotopic (exact) mass is 415 g/mol. The molecule has 3 nitrogen and oxygen atoms in total. The number of nitrogens with zero attached hydrogens (tertiary/aromatic N) is 3. The first kappa shape index (κ1) is 20.1. The minimum Gasteiger partial charge on any atom is -0.212 e. The molecule has 0 amide bonds. The van der Waals surface area contributed by atoms with Gasteiger partial charge in [-0.3, -0.25) is 0 Å². The van der Waals surface area contributed by atoms with Gasteiger partial charge in [0.2, 0.25) is 0 Å². The van der Waals surface area contributed by atoms with Crippen LogP contribution in [0.5, 0.6) is 0 Å². The van der Waals surface area contributed by atoms with Gasteiger partial charge in [0.15, 0.2) is 11.6 Å². The van der Waals surface area contributed by atoms with E-state index < -0.39 is 0 Å². The summed E-state index contributed by atoms with van der Waals surface area (Å²) >= 11 is 0. The van der Waals surface area contributed by atoms with Gasteiger partial charge in [-0.15, -0.1) is 0 Å². The topological polar surface area (TPSA) is 38.7 Å². The molecule has 5 aromatic rings. The fourth-order valence-electron chi connectivity index (χ4n) is 3.77. The highest BCUT2D eigenvalue weighted by molar-refractivity contribution is 5.86. The highest BCUT2D eigenvalue weighted by atomic mass is 15.0. The minimum atomic E-state index is -0.194. The summed E-state index contributed by atoms with van der Waals surface area (Å²) < 4.78 is 0. The van der Waals surface area contributed by atoms with E-state index in [0.29, 0.717) is 11.6 Å². The van der Waals surface area contributed by atoms with E-state index in [9.17, 15) is 0 Å². The van der Waals surface area contributed by atoms with Crippen molar-refractivity contribution in [1.29, 1.82) is 0 Å². The average Bonchev–Trinajstić information content (AvgIpc) is 2.83. The Morgan fingerprint density at radius 2 is 1.06 bits per heavy atom. The van der Waals surface area contributed by atoms with E-state index in [2.05, 4.69) is 112 Å². The molecular formula is C29H25N3. The van der Waals surface area contributed by atoms with Crippen molar-refractivity contribution in [3.05, 3.63) is 103 Å². The van der Waals surface area contributed by atoms with Crippen molar-refractivity contribution in [2.45, 2.75) is 26.2 Å². The van der Waals surface area contributed by atoms with Gasteiger partial charge in [-0.05, 0) is 34.0 Å². The summed E-state index contributed by atoms with van der Waals surface area (Å²) in [4.78, 5) is 14.6. The lowest BCUT2D eigenvalue weighted by molar-refractivity contribution is 0.543. The van der Waals surface area contributed by atoms with Crippen molar-refractivity contribution in [2.24, 2.45) is 0 Å². The Hall–Kier alpha value is -3.85. The van der Waals surface area contributed by atoms with Crippen LogP contribution >= 0.6 is 0 Å². The van der Waals surface area contributed by atoms with Crippen molar-refractivity contribution in [3.63, 3.8) is 0 Å². The molecule has 0 aliphatic carbocycles. The highest BCUT2D eigenvalue weighted by Gasteiger charge is 2.21. The summed E-state index contributed by atoms with van der Waals surface area (Å²) in [5.41, 5.74) is 4.11. The SMILES string of the molecule is CC(C)(C)c1nc(-c2cccc(-c3ccccc3)c2)nc(-c2ccc3ccccc3c2)n1. The van der Waals surface area contributed by atoms with Crippen LogP contribution in [0.1, 0.15) is 26.6 Å². The molecule has 32 heavy (non-hydrogen) atoms. The van der Waals surface area contributed by atoms with E-state index in [4.69, 9.17) is 15.0 Å². The first-order valence-corrected chi connectivity index (χ1v) is 10.9. The number of hydrogen-bond acceptors (Lipinski definition) is 3. The van der Waals surface area contributed by atoms with E-state index in [-0.39, 0.29) is 5.41 Å². The molecule has 5 rings (SSSR count).